The van der Waals surface area contributed by atoms with Gasteiger partial charge in [-0.15, -0.1) is 0 Å². The van der Waals surface area contributed by atoms with Crippen molar-refractivity contribution >= 4 is 6.98 Å². The molecule has 5 heteroatoms. The van der Waals surface area contributed by atoms with Crippen LogP contribution in [0.3, 0.4) is 0 Å². The van der Waals surface area contributed by atoms with Gasteiger partial charge in [-0.1, -0.05) is 18.7 Å². The largest absolute Gasteiger partial charge is 0.481 e. The molecule has 12 heavy (non-hydrogen) atoms. The van der Waals surface area contributed by atoms with Crippen LogP contribution in [-0.2, 0) is 0 Å². The van der Waals surface area contributed by atoms with Crippen molar-refractivity contribution in [2.45, 2.75) is 18.7 Å². The lowest BCUT2D eigenvalue weighted by atomic mass is 9.56. The van der Waals surface area contributed by atoms with Crippen molar-refractivity contribution in [2.24, 2.45) is 5.92 Å². The molecular weight excluding hydrogens is 166 g/mol. The molecule has 1 aliphatic carbocycles. The molecule has 1 nitrogen and oxygen atoms in total. The third-order valence-corrected chi connectivity index (χ3v) is 2.43. The van der Waals surface area contributed by atoms with Crippen molar-refractivity contribution in [3.8, 4) is 0 Å². The summed E-state index contributed by atoms with van der Waals surface area (Å²) in [5.41, 5.74) is 0. The summed E-state index contributed by atoms with van der Waals surface area (Å²) in [6.07, 6.45) is 0.698. The van der Waals surface area contributed by atoms with E-state index in [1.165, 1.54) is 0 Å². The topological polar surface area (TPSA) is 3.24 Å². The molecule has 1 rings (SSSR count). The maximum absolute atomic E-state index is 12.1. The van der Waals surface area contributed by atoms with Crippen molar-refractivity contribution in [2.75, 3.05) is 20.6 Å². The first-order valence-corrected chi connectivity index (χ1v) is 4.24. The minimum atomic E-state index is -4.55. The number of hydrogen-bond acceptors (Lipinski definition) is 1. The molecule has 0 spiro atoms. The minimum absolute atomic E-state index is 0.272. The molecule has 0 unspecified atom stereocenters. The van der Waals surface area contributed by atoms with Crippen LogP contribution in [0, 0.1) is 5.92 Å². The molecule has 0 heterocycles. The lowest BCUT2D eigenvalue weighted by molar-refractivity contribution is 0.202. The van der Waals surface area contributed by atoms with Gasteiger partial charge in [0.15, 0.2) is 0 Å². The minimum Gasteiger partial charge on any atom is -0.449 e. The van der Waals surface area contributed by atoms with Gasteiger partial charge in [0.1, 0.15) is 0 Å². The Kier molecular flexibility index (Phi) is 2.71. The Morgan fingerprint density at radius 1 is 1.25 bits per heavy atom. The maximum Gasteiger partial charge on any atom is 0.481 e. The van der Waals surface area contributed by atoms with Crippen LogP contribution in [0.1, 0.15) is 12.8 Å². The van der Waals surface area contributed by atoms with Crippen LogP contribution in [0.15, 0.2) is 0 Å². The van der Waals surface area contributed by atoms with Gasteiger partial charge in [-0.3, -0.25) is 0 Å². The van der Waals surface area contributed by atoms with E-state index in [1.54, 1.807) is 0 Å². The molecule has 1 fully saturated rings. The summed E-state index contributed by atoms with van der Waals surface area (Å²) >= 11 is 0. The van der Waals surface area contributed by atoms with Crippen LogP contribution in [0.4, 0.5) is 12.9 Å². The fourth-order valence-electron chi connectivity index (χ4n) is 1.76. The summed E-state index contributed by atoms with van der Waals surface area (Å²) in [7, 11) is 3.79. The Labute approximate surface area is 71.0 Å². The number of nitrogens with zero attached hydrogens (tertiary/aromatic N) is 1. The third kappa shape index (κ3) is 2.40. The van der Waals surface area contributed by atoms with Crippen molar-refractivity contribution in [1.82, 2.24) is 4.90 Å². The zero-order valence-electron chi connectivity index (χ0n) is 7.43. The molecule has 0 bridgehead atoms. The SMILES string of the molecule is CN(C)CC1CC([B-](F)(F)F)C1. The van der Waals surface area contributed by atoms with Gasteiger partial charge in [-0.2, -0.15) is 0 Å². The lowest BCUT2D eigenvalue weighted by Gasteiger charge is -2.42. The Balaban J connectivity index is 2.20. The number of hydrogen-bond donors (Lipinski definition) is 0. The molecule has 72 valence electrons. The predicted molar refractivity (Wildman–Crippen MR) is 44.1 cm³/mol. The quantitative estimate of drug-likeness (QED) is 0.601. The highest BCUT2D eigenvalue weighted by molar-refractivity contribution is 6.60. The van der Waals surface area contributed by atoms with E-state index in [0.29, 0.717) is 12.8 Å². The van der Waals surface area contributed by atoms with Gasteiger partial charge in [0.2, 0.25) is 0 Å². The molecule has 0 aliphatic heterocycles. The molecule has 1 saturated carbocycles. The Morgan fingerprint density at radius 3 is 2.08 bits per heavy atom. The molecule has 0 atom stereocenters. The standard InChI is InChI=1S/C7H14BF3N/c1-12(2)5-6-3-7(4-6)8(9,10)11/h6-7H,3-5H2,1-2H3/q-1. The zero-order valence-corrected chi connectivity index (χ0v) is 7.43. The summed E-state index contributed by atoms with van der Waals surface area (Å²) in [5.74, 6) is -0.691. The average molecular weight is 180 g/mol. The highest BCUT2D eigenvalue weighted by Gasteiger charge is 2.43. The van der Waals surface area contributed by atoms with Crippen LogP contribution >= 0.6 is 0 Å². The van der Waals surface area contributed by atoms with Gasteiger partial charge in [-0.05, 0) is 20.0 Å². The van der Waals surface area contributed by atoms with E-state index >= 15 is 0 Å². The second-order valence-corrected chi connectivity index (χ2v) is 3.99. The van der Waals surface area contributed by atoms with Crippen molar-refractivity contribution in [3.05, 3.63) is 0 Å². The Hall–Kier alpha value is -0.185. The molecule has 0 aromatic carbocycles. The lowest BCUT2D eigenvalue weighted by Crippen LogP contribution is -2.39. The fourth-order valence-corrected chi connectivity index (χ4v) is 1.76. The van der Waals surface area contributed by atoms with E-state index < -0.39 is 12.8 Å². The molecule has 0 aromatic heterocycles. The maximum atomic E-state index is 12.1. The van der Waals surface area contributed by atoms with E-state index in [1.807, 2.05) is 19.0 Å². The summed E-state index contributed by atoms with van der Waals surface area (Å²) in [4.78, 5) is 1.95. The second-order valence-electron chi connectivity index (χ2n) is 3.99. The molecule has 0 N–H and O–H groups in total. The Bertz CT molecular complexity index is 151. The van der Waals surface area contributed by atoms with Gasteiger partial charge in [-0.25, -0.2) is 0 Å². The van der Waals surface area contributed by atoms with Gasteiger partial charge in [0, 0.05) is 6.54 Å². The average Bonchev–Trinajstić information content (AvgIpc) is 1.73. The van der Waals surface area contributed by atoms with E-state index in [0.717, 1.165) is 6.54 Å². The fraction of sp³-hybridized carbons (Fsp3) is 1.00. The number of rotatable bonds is 3. The van der Waals surface area contributed by atoms with Gasteiger partial charge >= 0.3 is 6.98 Å². The molecule has 1 aliphatic rings. The van der Waals surface area contributed by atoms with E-state index in [4.69, 9.17) is 0 Å². The highest BCUT2D eigenvalue weighted by Crippen LogP contribution is 2.47. The molecular formula is C7H14BF3N-. The molecule has 0 aromatic rings. The van der Waals surface area contributed by atoms with Crippen LogP contribution in [0.5, 0.6) is 0 Å². The summed E-state index contributed by atoms with van der Waals surface area (Å²) in [6, 6.07) is 0. The van der Waals surface area contributed by atoms with Crippen LogP contribution in [0.25, 0.3) is 0 Å². The smallest absolute Gasteiger partial charge is 0.449 e. The first-order chi connectivity index (χ1) is 5.39. The predicted octanol–water partition coefficient (Wildman–Crippen LogP) is 2.18. The van der Waals surface area contributed by atoms with E-state index in [9.17, 15) is 12.9 Å². The molecule has 0 saturated heterocycles. The summed E-state index contributed by atoms with van der Waals surface area (Å²) < 4.78 is 36.2. The van der Waals surface area contributed by atoms with Crippen LogP contribution in [-0.4, -0.2) is 32.5 Å². The second kappa shape index (κ2) is 3.28. The normalized spacial score (nSPS) is 30.5. The first kappa shape index (κ1) is 9.90. The van der Waals surface area contributed by atoms with Crippen molar-refractivity contribution in [1.29, 1.82) is 0 Å². The summed E-state index contributed by atoms with van der Waals surface area (Å²) in [6.45, 7) is -3.76. The van der Waals surface area contributed by atoms with Crippen molar-refractivity contribution in [3.63, 3.8) is 0 Å². The summed E-state index contributed by atoms with van der Waals surface area (Å²) in [5, 5.41) is 0. The van der Waals surface area contributed by atoms with Crippen LogP contribution < -0.4 is 0 Å². The Morgan fingerprint density at radius 2 is 1.75 bits per heavy atom. The third-order valence-electron chi connectivity index (χ3n) is 2.43. The zero-order chi connectivity index (χ0) is 9.35. The van der Waals surface area contributed by atoms with Gasteiger partial charge < -0.3 is 17.8 Å². The van der Waals surface area contributed by atoms with E-state index in [-0.39, 0.29) is 5.92 Å². The van der Waals surface area contributed by atoms with Crippen LogP contribution in [0.2, 0.25) is 5.82 Å². The monoisotopic (exact) mass is 180 g/mol. The molecule has 0 amide bonds. The first-order valence-electron chi connectivity index (χ1n) is 4.24. The van der Waals surface area contributed by atoms with E-state index in [2.05, 4.69) is 0 Å². The highest BCUT2D eigenvalue weighted by atomic mass is 19.4. The van der Waals surface area contributed by atoms with Gasteiger partial charge in [0.05, 0.1) is 0 Å². The molecule has 0 radical (unpaired) electrons. The number of halogens is 3. The van der Waals surface area contributed by atoms with Crippen molar-refractivity contribution < 1.29 is 12.9 Å². The van der Waals surface area contributed by atoms with Gasteiger partial charge in [0.25, 0.3) is 0 Å².